The summed E-state index contributed by atoms with van der Waals surface area (Å²) in [5, 5.41) is 3.52. The number of nitrogens with one attached hydrogen (secondary N) is 1. The van der Waals surface area contributed by atoms with Crippen LogP contribution < -0.4 is 5.32 Å². The zero-order valence-electron chi connectivity index (χ0n) is 9.59. The van der Waals surface area contributed by atoms with Crippen molar-refractivity contribution >= 4 is 23.6 Å². The molecule has 1 aromatic rings. The van der Waals surface area contributed by atoms with Gasteiger partial charge in [-0.2, -0.15) is 0 Å². The highest BCUT2D eigenvalue weighted by Crippen LogP contribution is 2.17. The van der Waals surface area contributed by atoms with Crippen LogP contribution in [0.15, 0.2) is 24.3 Å². The van der Waals surface area contributed by atoms with Gasteiger partial charge in [-0.25, -0.2) is 0 Å². The van der Waals surface area contributed by atoms with Crippen molar-refractivity contribution in [1.82, 2.24) is 5.32 Å². The second kappa shape index (κ2) is 6.33. The first kappa shape index (κ1) is 12.8. The van der Waals surface area contributed by atoms with Crippen LogP contribution in [0.5, 0.6) is 0 Å². The number of carbonyl (C=O) groups is 1. The van der Waals surface area contributed by atoms with E-state index in [1.807, 2.05) is 37.3 Å². The molecular weight excluding hydrogens is 222 g/mol. The Morgan fingerprint density at radius 2 is 2.25 bits per heavy atom. The van der Waals surface area contributed by atoms with Gasteiger partial charge in [-0.3, -0.25) is 4.79 Å². The van der Waals surface area contributed by atoms with Crippen molar-refractivity contribution in [2.75, 3.05) is 6.54 Å². The zero-order chi connectivity index (χ0) is 12.0. The molecule has 0 saturated heterocycles. The molecule has 1 rings (SSSR count). The average molecular weight is 238 g/mol. The number of carbonyl (C=O) groups excluding carboxylic acids is 1. The minimum Gasteiger partial charge on any atom is -0.356 e. The van der Waals surface area contributed by atoms with Gasteiger partial charge < -0.3 is 5.32 Å². The molecule has 1 N–H and O–H groups in total. The highest BCUT2D eigenvalue weighted by molar-refractivity contribution is 6.31. The van der Waals surface area contributed by atoms with E-state index >= 15 is 0 Å². The van der Waals surface area contributed by atoms with Crippen molar-refractivity contribution < 1.29 is 4.79 Å². The normalized spacial score (nSPS) is 10.7. The van der Waals surface area contributed by atoms with Crippen molar-refractivity contribution in [2.24, 2.45) is 0 Å². The molecule has 0 saturated carbocycles. The molecule has 3 heteroatoms. The third-order valence-corrected chi connectivity index (χ3v) is 2.60. The molecule has 0 atom stereocenters. The van der Waals surface area contributed by atoms with Crippen molar-refractivity contribution in [3.8, 4) is 0 Å². The van der Waals surface area contributed by atoms with E-state index in [1.165, 1.54) is 6.92 Å². The molecule has 86 valence electrons. The lowest BCUT2D eigenvalue weighted by atomic mass is 10.1. The first-order chi connectivity index (χ1) is 7.59. The lowest BCUT2D eigenvalue weighted by Gasteiger charge is -1.99. The Morgan fingerprint density at radius 1 is 1.50 bits per heavy atom. The number of hydrogen-bond acceptors (Lipinski definition) is 1. The number of rotatable bonds is 4. The summed E-state index contributed by atoms with van der Waals surface area (Å²) in [6.07, 6.45) is 4.86. The molecule has 0 radical (unpaired) electrons. The SMILES string of the molecule is CC(=O)NCCC=Cc1ccc(C)c(Cl)c1. The Labute approximate surface area is 101 Å². The van der Waals surface area contributed by atoms with E-state index in [-0.39, 0.29) is 5.91 Å². The zero-order valence-corrected chi connectivity index (χ0v) is 10.3. The van der Waals surface area contributed by atoms with E-state index in [2.05, 4.69) is 5.32 Å². The van der Waals surface area contributed by atoms with Crippen LogP contribution >= 0.6 is 11.6 Å². The summed E-state index contributed by atoms with van der Waals surface area (Å²) in [7, 11) is 0. The molecule has 0 aliphatic rings. The molecule has 0 unspecified atom stereocenters. The molecule has 1 aromatic carbocycles. The van der Waals surface area contributed by atoms with Crippen LogP contribution in [-0.4, -0.2) is 12.5 Å². The summed E-state index contributed by atoms with van der Waals surface area (Å²) in [6.45, 7) is 4.17. The van der Waals surface area contributed by atoms with E-state index < -0.39 is 0 Å². The van der Waals surface area contributed by atoms with Crippen molar-refractivity contribution in [3.05, 3.63) is 40.4 Å². The first-order valence-electron chi connectivity index (χ1n) is 5.26. The quantitative estimate of drug-likeness (QED) is 0.801. The molecule has 0 heterocycles. The molecule has 0 bridgehead atoms. The number of halogens is 1. The van der Waals surface area contributed by atoms with Gasteiger partial charge in [0.15, 0.2) is 0 Å². The van der Waals surface area contributed by atoms with Crippen LogP contribution in [0.3, 0.4) is 0 Å². The van der Waals surface area contributed by atoms with Crippen molar-refractivity contribution in [1.29, 1.82) is 0 Å². The summed E-state index contributed by atoms with van der Waals surface area (Å²) in [5.41, 5.74) is 2.16. The van der Waals surface area contributed by atoms with E-state index in [0.29, 0.717) is 6.54 Å². The number of hydrogen-bond donors (Lipinski definition) is 1. The molecule has 16 heavy (non-hydrogen) atoms. The van der Waals surface area contributed by atoms with Gasteiger partial charge >= 0.3 is 0 Å². The first-order valence-corrected chi connectivity index (χ1v) is 5.64. The van der Waals surface area contributed by atoms with Crippen molar-refractivity contribution in [3.63, 3.8) is 0 Å². The topological polar surface area (TPSA) is 29.1 Å². The molecule has 1 amide bonds. The maximum atomic E-state index is 10.6. The smallest absolute Gasteiger partial charge is 0.216 e. The maximum absolute atomic E-state index is 10.6. The Morgan fingerprint density at radius 3 is 2.88 bits per heavy atom. The fourth-order valence-electron chi connectivity index (χ4n) is 1.26. The van der Waals surface area contributed by atoms with Gasteiger partial charge in [0.2, 0.25) is 5.91 Å². The third kappa shape index (κ3) is 4.49. The molecule has 0 spiro atoms. The van der Waals surface area contributed by atoms with Crippen LogP contribution in [0.1, 0.15) is 24.5 Å². The molecule has 0 aliphatic heterocycles. The van der Waals surface area contributed by atoms with Crippen LogP contribution in [0.2, 0.25) is 5.02 Å². The van der Waals surface area contributed by atoms with Gasteiger partial charge in [0, 0.05) is 18.5 Å². The van der Waals surface area contributed by atoms with Gasteiger partial charge in [0.05, 0.1) is 0 Å². The fraction of sp³-hybridized carbons (Fsp3) is 0.308. The van der Waals surface area contributed by atoms with Crippen LogP contribution in [0, 0.1) is 6.92 Å². The Hall–Kier alpha value is -1.28. The predicted molar refractivity (Wildman–Crippen MR) is 68.5 cm³/mol. The molecule has 0 aromatic heterocycles. The second-order valence-electron chi connectivity index (χ2n) is 3.68. The predicted octanol–water partition coefficient (Wildman–Crippen LogP) is 3.19. The summed E-state index contributed by atoms with van der Waals surface area (Å²) >= 11 is 6.00. The van der Waals surface area contributed by atoms with Gasteiger partial charge in [0.1, 0.15) is 0 Å². The van der Waals surface area contributed by atoms with E-state index in [4.69, 9.17) is 11.6 Å². The molecule has 2 nitrogen and oxygen atoms in total. The van der Waals surface area contributed by atoms with Crippen LogP contribution in [-0.2, 0) is 4.79 Å². The number of amides is 1. The third-order valence-electron chi connectivity index (χ3n) is 2.19. The molecular formula is C13H16ClNO. The maximum Gasteiger partial charge on any atom is 0.216 e. The highest BCUT2D eigenvalue weighted by atomic mass is 35.5. The Balaban J connectivity index is 2.44. The van der Waals surface area contributed by atoms with E-state index in [9.17, 15) is 4.79 Å². The molecule has 0 fully saturated rings. The lowest BCUT2D eigenvalue weighted by molar-refractivity contribution is -0.118. The highest BCUT2D eigenvalue weighted by Gasteiger charge is 1.94. The number of aryl methyl sites for hydroxylation is 1. The van der Waals surface area contributed by atoms with Gasteiger partial charge in [-0.15, -0.1) is 0 Å². The monoisotopic (exact) mass is 237 g/mol. The van der Waals surface area contributed by atoms with Gasteiger partial charge in [-0.1, -0.05) is 35.9 Å². The van der Waals surface area contributed by atoms with Gasteiger partial charge in [0.25, 0.3) is 0 Å². The second-order valence-corrected chi connectivity index (χ2v) is 4.09. The van der Waals surface area contributed by atoms with Crippen LogP contribution in [0.4, 0.5) is 0 Å². The molecule has 0 aliphatic carbocycles. The Kier molecular flexibility index (Phi) is 5.06. The lowest BCUT2D eigenvalue weighted by Crippen LogP contribution is -2.20. The Bertz CT molecular complexity index is 399. The van der Waals surface area contributed by atoms with E-state index in [0.717, 1.165) is 22.6 Å². The summed E-state index contributed by atoms with van der Waals surface area (Å²) in [6, 6.07) is 5.96. The van der Waals surface area contributed by atoms with Crippen molar-refractivity contribution in [2.45, 2.75) is 20.3 Å². The number of benzene rings is 1. The largest absolute Gasteiger partial charge is 0.356 e. The fourth-order valence-corrected chi connectivity index (χ4v) is 1.45. The minimum atomic E-state index is 0.00628. The van der Waals surface area contributed by atoms with Gasteiger partial charge in [-0.05, 0) is 30.5 Å². The minimum absolute atomic E-state index is 0.00628. The van der Waals surface area contributed by atoms with E-state index in [1.54, 1.807) is 0 Å². The standard InChI is InChI=1S/C13H16ClNO/c1-10-6-7-12(9-13(10)14)5-3-4-8-15-11(2)16/h3,5-7,9H,4,8H2,1-2H3,(H,15,16). The average Bonchev–Trinajstić information content (AvgIpc) is 2.22. The summed E-state index contributed by atoms with van der Waals surface area (Å²) in [4.78, 5) is 10.6. The summed E-state index contributed by atoms with van der Waals surface area (Å²) < 4.78 is 0. The summed E-state index contributed by atoms with van der Waals surface area (Å²) in [5.74, 6) is 0.00628. The van der Waals surface area contributed by atoms with Crippen LogP contribution in [0.25, 0.3) is 6.08 Å².